The molecule has 0 unspecified atom stereocenters. The summed E-state index contributed by atoms with van der Waals surface area (Å²) in [5, 5.41) is 10.4. The maximum atomic E-state index is 12.5. The van der Waals surface area contributed by atoms with Gasteiger partial charge in [-0.05, 0) is 116 Å². The molecule has 1 fully saturated rings. The molecule has 1 spiro atoms. The smallest absolute Gasteiger partial charge is 0.337 e. The van der Waals surface area contributed by atoms with Crippen LogP contribution >= 0.6 is 11.6 Å². The lowest BCUT2D eigenvalue weighted by atomic mass is 9.66. The summed E-state index contributed by atoms with van der Waals surface area (Å²) in [6, 6.07) is 12.0. The molecule has 0 amide bonds. The number of hydrogen-bond donors (Lipinski definition) is 1. The Balaban J connectivity index is 1.32. The van der Waals surface area contributed by atoms with Crippen LogP contribution in [-0.2, 0) is 21.3 Å². The van der Waals surface area contributed by atoms with Crippen molar-refractivity contribution < 1.29 is 24.1 Å². The number of methoxy groups -OCH3 is 2. The molecule has 0 radical (unpaired) electrons. The van der Waals surface area contributed by atoms with Crippen LogP contribution in [0.4, 0.5) is 5.69 Å². The number of anilines is 1. The van der Waals surface area contributed by atoms with E-state index in [1.165, 1.54) is 23.8 Å². The zero-order valence-electron chi connectivity index (χ0n) is 24.2. The third-order valence-electron chi connectivity index (χ3n) is 10.2. The standard InChI is InChI=1S/C34H42ClNO5/c1-39-32(23-7-5-22(19-37)6-8-23)28-12-9-26(28)18-36-20-34(15-3-4-24-16-27(35)11-13-29(24)34)21-41-31-14-10-25(17-30(31)36)33(38)40-2/h7,10-11,13-14,16-17,22,26,28,32,37H,3-6,8-9,12,15,18-21H2,1-2H3/t22-,26-,28+,32+,34-/m0/s1. The predicted octanol–water partition coefficient (Wildman–Crippen LogP) is 6.36. The maximum Gasteiger partial charge on any atom is 0.337 e. The molecule has 7 heteroatoms. The second-order valence-electron chi connectivity index (χ2n) is 12.5. The van der Waals surface area contributed by atoms with Gasteiger partial charge in [0.2, 0.25) is 0 Å². The Morgan fingerprint density at radius 2 is 2.05 bits per heavy atom. The largest absolute Gasteiger partial charge is 0.490 e. The first-order valence-electron chi connectivity index (χ1n) is 15.2. The second kappa shape index (κ2) is 12.0. The number of ether oxygens (including phenoxy) is 3. The number of esters is 1. The Hall–Kier alpha value is -2.54. The van der Waals surface area contributed by atoms with Gasteiger partial charge < -0.3 is 24.2 Å². The molecule has 6 rings (SSSR count). The van der Waals surface area contributed by atoms with Crippen molar-refractivity contribution in [1.82, 2.24) is 0 Å². The number of carbonyl (C=O) groups excluding carboxylic acids is 1. The minimum absolute atomic E-state index is 0.115. The Kier molecular flexibility index (Phi) is 8.35. The molecule has 5 atom stereocenters. The fourth-order valence-corrected chi connectivity index (χ4v) is 7.99. The van der Waals surface area contributed by atoms with Gasteiger partial charge in [-0.25, -0.2) is 4.79 Å². The molecule has 2 aromatic carbocycles. The lowest BCUT2D eigenvalue weighted by molar-refractivity contribution is 0.00273. The Bertz CT molecular complexity index is 1310. The van der Waals surface area contributed by atoms with E-state index >= 15 is 0 Å². The molecule has 3 aliphatic carbocycles. The van der Waals surface area contributed by atoms with Crippen LogP contribution in [0, 0.1) is 17.8 Å². The summed E-state index contributed by atoms with van der Waals surface area (Å²) >= 11 is 6.42. The van der Waals surface area contributed by atoms with E-state index in [2.05, 4.69) is 23.1 Å². The van der Waals surface area contributed by atoms with Crippen molar-refractivity contribution in [3.8, 4) is 5.75 Å². The van der Waals surface area contributed by atoms with Crippen LogP contribution in [0.25, 0.3) is 0 Å². The van der Waals surface area contributed by atoms with E-state index in [0.717, 1.165) is 80.9 Å². The predicted molar refractivity (Wildman–Crippen MR) is 161 cm³/mol. The quantitative estimate of drug-likeness (QED) is 0.304. The van der Waals surface area contributed by atoms with Crippen LogP contribution < -0.4 is 9.64 Å². The number of rotatable bonds is 7. The van der Waals surface area contributed by atoms with Crippen molar-refractivity contribution in [2.45, 2.75) is 62.9 Å². The molecule has 41 heavy (non-hydrogen) atoms. The number of allylic oxidation sites excluding steroid dienone is 1. The molecule has 220 valence electrons. The topological polar surface area (TPSA) is 68.2 Å². The van der Waals surface area contributed by atoms with Gasteiger partial charge in [0.25, 0.3) is 0 Å². The highest BCUT2D eigenvalue weighted by Gasteiger charge is 2.45. The summed E-state index contributed by atoms with van der Waals surface area (Å²) in [5.41, 5.74) is 5.40. The SMILES string of the molecule is COC(=O)c1ccc2c(c1)N(C[C@@H]1CC[C@H]1[C@H](OC)C1=CC[C@H](CO)CC1)C[C@@]1(CCCc3cc(Cl)ccc31)CO2. The van der Waals surface area contributed by atoms with E-state index in [9.17, 15) is 9.90 Å². The lowest BCUT2D eigenvalue weighted by Crippen LogP contribution is -2.50. The van der Waals surface area contributed by atoms with E-state index in [1.54, 1.807) is 6.07 Å². The monoisotopic (exact) mass is 579 g/mol. The van der Waals surface area contributed by atoms with Crippen molar-refractivity contribution in [3.63, 3.8) is 0 Å². The minimum Gasteiger partial charge on any atom is -0.490 e. The molecular formula is C34H42ClNO5. The van der Waals surface area contributed by atoms with Crippen molar-refractivity contribution in [2.75, 3.05) is 45.4 Å². The normalized spacial score (nSPS) is 28.0. The minimum atomic E-state index is -0.337. The summed E-state index contributed by atoms with van der Waals surface area (Å²) in [5.74, 6) is 1.77. The number of fused-ring (bicyclic) bond motifs is 3. The van der Waals surface area contributed by atoms with Crippen LogP contribution in [0.1, 0.15) is 66.4 Å². The van der Waals surface area contributed by atoms with Gasteiger partial charge in [-0.15, -0.1) is 0 Å². The number of benzene rings is 2. The fraction of sp³-hybridized carbons (Fsp3) is 0.559. The van der Waals surface area contributed by atoms with Crippen molar-refractivity contribution >= 4 is 23.3 Å². The van der Waals surface area contributed by atoms with Crippen molar-refractivity contribution in [2.24, 2.45) is 17.8 Å². The fourth-order valence-electron chi connectivity index (χ4n) is 7.80. The Labute approximate surface area is 248 Å². The zero-order valence-corrected chi connectivity index (χ0v) is 25.0. The summed E-state index contributed by atoms with van der Waals surface area (Å²) in [7, 11) is 3.27. The first-order chi connectivity index (χ1) is 19.9. The van der Waals surface area contributed by atoms with Gasteiger partial charge >= 0.3 is 5.97 Å². The highest BCUT2D eigenvalue weighted by molar-refractivity contribution is 6.30. The van der Waals surface area contributed by atoms with Crippen LogP contribution in [0.2, 0.25) is 5.02 Å². The van der Waals surface area contributed by atoms with Gasteiger partial charge in [0, 0.05) is 37.2 Å². The third-order valence-corrected chi connectivity index (χ3v) is 10.4. The number of aliphatic hydroxyl groups excluding tert-OH is 1. The lowest BCUT2D eigenvalue weighted by Gasteiger charge is -2.47. The van der Waals surface area contributed by atoms with Gasteiger partial charge in [-0.1, -0.05) is 23.7 Å². The molecule has 0 aromatic heterocycles. The van der Waals surface area contributed by atoms with Gasteiger partial charge in [0.05, 0.1) is 31.1 Å². The Morgan fingerprint density at radius 1 is 1.17 bits per heavy atom. The molecule has 0 bridgehead atoms. The average Bonchev–Trinajstić information content (AvgIpc) is 3.14. The molecule has 1 saturated carbocycles. The number of halogens is 1. The van der Waals surface area contributed by atoms with E-state index in [0.29, 0.717) is 29.9 Å². The Morgan fingerprint density at radius 3 is 2.76 bits per heavy atom. The zero-order chi connectivity index (χ0) is 28.6. The number of nitrogens with zero attached hydrogens (tertiary/aromatic N) is 1. The third kappa shape index (κ3) is 5.51. The van der Waals surface area contributed by atoms with Crippen LogP contribution in [-0.4, -0.2) is 57.7 Å². The first kappa shape index (κ1) is 28.6. The second-order valence-corrected chi connectivity index (χ2v) is 13.0. The van der Waals surface area contributed by atoms with Crippen LogP contribution in [0.5, 0.6) is 5.75 Å². The van der Waals surface area contributed by atoms with E-state index in [4.69, 9.17) is 25.8 Å². The first-order valence-corrected chi connectivity index (χ1v) is 15.5. The van der Waals surface area contributed by atoms with Gasteiger partial charge in [-0.3, -0.25) is 0 Å². The molecular weight excluding hydrogens is 538 g/mol. The van der Waals surface area contributed by atoms with Crippen LogP contribution in [0.15, 0.2) is 48.0 Å². The van der Waals surface area contributed by atoms with Gasteiger partial charge in [0.15, 0.2) is 0 Å². The van der Waals surface area contributed by atoms with E-state index in [-0.39, 0.29) is 24.1 Å². The summed E-state index contributed by atoms with van der Waals surface area (Å²) < 4.78 is 17.8. The molecule has 1 heterocycles. The summed E-state index contributed by atoms with van der Waals surface area (Å²) in [6.07, 6.45) is 10.9. The molecule has 2 aromatic rings. The molecule has 1 aliphatic heterocycles. The number of carbonyl (C=O) groups is 1. The molecule has 1 N–H and O–H groups in total. The van der Waals surface area contributed by atoms with Crippen molar-refractivity contribution in [3.05, 3.63) is 69.8 Å². The van der Waals surface area contributed by atoms with Gasteiger partial charge in [-0.2, -0.15) is 0 Å². The number of aliphatic hydroxyl groups is 1. The van der Waals surface area contributed by atoms with Gasteiger partial charge in [0.1, 0.15) is 5.75 Å². The van der Waals surface area contributed by atoms with Crippen LogP contribution in [0.3, 0.4) is 0 Å². The summed E-state index contributed by atoms with van der Waals surface area (Å²) in [6.45, 7) is 2.55. The van der Waals surface area contributed by atoms with Crippen molar-refractivity contribution in [1.29, 1.82) is 0 Å². The highest BCUT2D eigenvalue weighted by atomic mass is 35.5. The number of hydrogen-bond acceptors (Lipinski definition) is 6. The average molecular weight is 580 g/mol. The van der Waals surface area contributed by atoms with E-state index < -0.39 is 0 Å². The summed E-state index contributed by atoms with van der Waals surface area (Å²) in [4.78, 5) is 15.0. The number of aryl methyl sites for hydroxylation is 1. The van der Waals surface area contributed by atoms with E-state index in [1.807, 2.05) is 25.3 Å². The molecule has 6 nitrogen and oxygen atoms in total. The molecule has 0 saturated heterocycles. The highest BCUT2D eigenvalue weighted by Crippen LogP contribution is 2.48. The molecule has 4 aliphatic rings. The maximum absolute atomic E-state index is 12.5.